The Hall–Kier alpha value is -1.38. The smallest absolute Gasteiger partial charge is 0.207 e. The first-order chi connectivity index (χ1) is 4.36. The lowest BCUT2D eigenvalue weighted by atomic mass is 10.6. The van der Waals surface area contributed by atoms with Gasteiger partial charge in [-0.25, -0.2) is 0 Å². The molecule has 0 spiro atoms. The molecule has 46 valence electrons. The van der Waals surface area contributed by atoms with Crippen LogP contribution in [0.5, 0.6) is 5.75 Å². The van der Waals surface area contributed by atoms with E-state index in [1.807, 2.05) is 0 Å². The van der Waals surface area contributed by atoms with Crippen LogP contribution in [0.2, 0.25) is 0 Å². The molecule has 0 fully saturated rings. The molecule has 3 heteroatoms. The number of aromatic hydroxyl groups is 1. The summed E-state index contributed by atoms with van der Waals surface area (Å²) in [5.74, 6) is 0.231. The highest BCUT2D eigenvalue weighted by Gasteiger charge is 1.96. The lowest BCUT2D eigenvalue weighted by Crippen LogP contribution is -1.65. The molecule has 2 aromatic rings. The van der Waals surface area contributed by atoms with Crippen LogP contribution >= 0.6 is 0 Å². The summed E-state index contributed by atoms with van der Waals surface area (Å²) in [5.41, 5.74) is 0.660. The van der Waals surface area contributed by atoms with Crippen molar-refractivity contribution in [1.82, 2.24) is 4.40 Å². The minimum absolute atomic E-state index is 0.231. The topological polar surface area (TPSA) is 37.8 Å². The van der Waals surface area contributed by atoms with Crippen molar-refractivity contribution in [1.29, 1.82) is 0 Å². The average Bonchev–Trinajstić information content (AvgIpc) is 2.22. The van der Waals surface area contributed by atoms with E-state index in [0.717, 1.165) is 0 Å². The van der Waals surface area contributed by atoms with E-state index < -0.39 is 0 Å². The molecule has 9 heavy (non-hydrogen) atoms. The van der Waals surface area contributed by atoms with Gasteiger partial charge >= 0.3 is 0 Å². The molecule has 0 aliphatic rings. The van der Waals surface area contributed by atoms with Gasteiger partial charge in [0.25, 0.3) is 0 Å². The van der Waals surface area contributed by atoms with Gasteiger partial charge in [-0.2, -0.15) is 0 Å². The van der Waals surface area contributed by atoms with Gasteiger partial charge in [-0.1, -0.05) is 0 Å². The molecule has 0 aliphatic carbocycles. The van der Waals surface area contributed by atoms with E-state index in [-0.39, 0.29) is 5.75 Å². The molecule has 3 nitrogen and oxygen atoms in total. The van der Waals surface area contributed by atoms with Crippen molar-refractivity contribution in [2.75, 3.05) is 0 Å². The Labute approximate surface area is 51.1 Å². The van der Waals surface area contributed by atoms with Gasteiger partial charge in [0.2, 0.25) is 5.71 Å². The summed E-state index contributed by atoms with van der Waals surface area (Å²) in [4.78, 5) is 0. The fourth-order valence-electron chi connectivity index (χ4n) is 0.822. The third kappa shape index (κ3) is 0.512. The Bertz CT molecular complexity index is 292. The van der Waals surface area contributed by atoms with Gasteiger partial charge in [0, 0.05) is 12.3 Å². The van der Waals surface area contributed by atoms with E-state index in [2.05, 4.69) is 0 Å². The molecule has 0 aliphatic heterocycles. The predicted octanol–water partition coefficient (Wildman–Crippen LogP) is 1.24. The monoisotopic (exact) mass is 123 g/mol. The van der Waals surface area contributed by atoms with Gasteiger partial charge < -0.3 is 9.52 Å². The first-order valence-electron chi connectivity index (χ1n) is 2.60. The first-order valence-corrected chi connectivity index (χ1v) is 2.60. The highest BCUT2D eigenvalue weighted by molar-refractivity contribution is 5.42. The van der Waals surface area contributed by atoms with Crippen LogP contribution in [-0.4, -0.2) is 9.51 Å². The van der Waals surface area contributed by atoms with Crippen LogP contribution in [0.15, 0.2) is 29.1 Å². The Kier molecular flexibility index (Phi) is 0.656. The molecular formula is C6H5NO2. The zero-order valence-electron chi connectivity index (χ0n) is 4.61. The summed E-state index contributed by atoms with van der Waals surface area (Å²) in [7, 11) is 0. The standard InChI is InChI=1S/C6H5NO2/c8-5-3-6-7(4-5)1-2-9-6/h1-4,8H. The van der Waals surface area contributed by atoms with Crippen LogP contribution in [0.4, 0.5) is 0 Å². The van der Waals surface area contributed by atoms with Gasteiger partial charge in [-0.15, -0.1) is 0 Å². The molecule has 2 rings (SSSR count). The molecule has 1 N–H and O–H groups in total. The summed E-state index contributed by atoms with van der Waals surface area (Å²) in [5, 5.41) is 8.86. The van der Waals surface area contributed by atoms with E-state index in [1.165, 1.54) is 0 Å². The molecule has 0 amide bonds. The molecule has 0 bridgehead atoms. The zero-order valence-corrected chi connectivity index (χ0v) is 4.61. The molecular weight excluding hydrogens is 118 g/mol. The SMILES string of the molecule is Oc1cc2occn2c1. The highest BCUT2D eigenvalue weighted by Crippen LogP contribution is 2.14. The van der Waals surface area contributed by atoms with E-state index >= 15 is 0 Å². The van der Waals surface area contributed by atoms with Crippen LogP contribution in [0.1, 0.15) is 0 Å². The van der Waals surface area contributed by atoms with Crippen LogP contribution in [0.25, 0.3) is 5.71 Å². The highest BCUT2D eigenvalue weighted by atomic mass is 16.3. The van der Waals surface area contributed by atoms with Gasteiger partial charge in [-0.3, -0.25) is 4.40 Å². The summed E-state index contributed by atoms with van der Waals surface area (Å²) in [6.07, 6.45) is 4.88. The van der Waals surface area contributed by atoms with Crippen LogP contribution in [-0.2, 0) is 0 Å². The second-order valence-electron chi connectivity index (χ2n) is 1.85. The quantitative estimate of drug-likeness (QED) is 0.572. The van der Waals surface area contributed by atoms with Gasteiger partial charge in [0.05, 0.1) is 6.20 Å². The molecule has 0 saturated carbocycles. The van der Waals surface area contributed by atoms with Crippen molar-refractivity contribution in [3.8, 4) is 5.75 Å². The van der Waals surface area contributed by atoms with Crippen molar-refractivity contribution < 1.29 is 9.52 Å². The Morgan fingerprint density at radius 3 is 3.22 bits per heavy atom. The van der Waals surface area contributed by atoms with Gasteiger partial charge in [-0.05, 0) is 0 Å². The van der Waals surface area contributed by atoms with E-state index in [4.69, 9.17) is 9.52 Å². The lowest BCUT2D eigenvalue weighted by molar-refractivity contribution is 0.475. The minimum Gasteiger partial charge on any atom is -0.506 e. The second-order valence-corrected chi connectivity index (χ2v) is 1.85. The Morgan fingerprint density at radius 1 is 1.56 bits per heavy atom. The fraction of sp³-hybridized carbons (Fsp3) is 0. The number of aromatic nitrogens is 1. The predicted molar refractivity (Wildman–Crippen MR) is 31.3 cm³/mol. The number of hydrogen-bond acceptors (Lipinski definition) is 2. The molecule has 0 atom stereocenters. The maximum Gasteiger partial charge on any atom is 0.207 e. The van der Waals surface area contributed by atoms with Crippen molar-refractivity contribution in [2.24, 2.45) is 0 Å². The fourth-order valence-corrected chi connectivity index (χ4v) is 0.822. The number of rotatable bonds is 0. The molecule has 0 unspecified atom stereocenters. The van der Waals surface area contributed by atoms with E-state index in [9.17, 15) is 0 Å². The first kappa shape index (κ1) is 4.49. The van der Waals surface area contributed by atoms with Crippen molar-refractivity contribution in [3.05, 3.63) is 24.7 Å². The summed E-state index contributed by atoms with van der Waals surface area (Å²) in [6, 6.07) is 1.56. The summed E-state index contributed by atoms with van der Waals surface area (Å²) < 4.78 is 6.65. The number of fused-ring (bicyclic) bond motifs is 1. The maximum absolute atomic E-state index is 8.86. The summed E-state index contributed by atoms with van der Waals surface area (Å²) in [6.45, 7) is 0. The Balaban J connectivity index is 2.92. The van der Waals surface area contributed by atoms with Crippen LogP contribution in [0.3, 0.4) is 0 Å². The van der Waals surface area contributed by atoms with Crippen LogP contribution in [0, 0.1) is 0 Å². The maximum atomic E-state index is 8.86. The van der Waals surface area contributed by atoms with Crippen molar-refractivity contribution in [3.63, 3.8) is 0 Å². The Morgan fingerprint density at radius 2 is 2.44 bits per heavy atom. The second kappa shape index (κ2) is 1.31. The zero-order chi connectivity index (χ0) is 6.27. The van der Waals surface area contributed by atoms with E-state index in [1.54, 1.807) is 29.1 Å². The van der Waals surface area contributed by atoms with E-state index in [0.29, 0.717) is 5.71 Å². The number of nitrogens with zero attached hydrogens (tertiary/aromatic N) is 1. The molecule has 0 saturated heterocycles. The largest absolute Gasteiger partial charge is 0.506 e. The minimum atomic E-state index is 0.231. The molecule has 2 heterocycles. The van der Waals surface area contributed by atoms with Gasteiger partial charge in [0.1, 0.15) is 12.0 Å². The average molecular weight is 123 g/mol. The number of oxazole rings is 1. The summed E-state index contributed by atoms with van der Waals surface area (Å²) >= 11 is 0. The van der Waals surface area contributed by atoms with Crippen molar-refractivity contribution >= 4 is 5.71 Å². The van der Waals surface area contributed by atoms with Crippen LogP contribution < -0.4 is 0 Å². The third-order valence-electron chi connectivity index (χ3n) is 1.21. The molecule has 0 aromatic carbocycles. The third-order valence-corrected chi connectivity index (χ3v) is 1.21. The van der Waals surface area contributed by atoms with Crippen molar-refractivity contribution in [2.45, 2.75) is 0 Å². The van der Waals surface area contributed by atoms with Gasteiger partial charge in [0.15, 0.2) is 0 Å². The normalized spacial score (nSPS) is 10.7. The lowest BCUT2D eigenvalue weighted by Gasteiger charge is -1.73. The molecule has 2 aromatic heterocycles. The number of hydrogen-bond donors (Lipinski definition) is 1. The molecule has 0 radical (unpaired) electrons.